The Morgan fingerprint density at radius 1 is 0.908 bits per heavy atom. The Balaban J connectivity index is 0.00000793. The second kappa shape index (κ2) is 23.2. The zero-order valence-electron chi connectivity index (χ0n) is 41.4. The average molecular weight is 896 g/mol. The SMILES string of the molecule is C#C[C@@H]1C(C)=C2/C=C3\[N-]C(C4=c5[n-]/c(c(C)c5[C@@H](O)[C@@H]4C(=O)OC)=C\c4[n-]c(c(C)c4CC)/C=C/1[N-]2)[C@@H](CCC(=O)OC/C=C(\C)CCC[C@@H](C)CCC[C@H](C)CCCC(C)C)[C@@H]3C.[Mg+2]. The van der Waals surface area contributed by atoms with Gasteiger partial charge in [-0.2, -0.15) is 5.70 Å². The molecule has 1 fully saturated rings. The minimum Gasteiger partial charge on any atom is -0.681 e. The number of carbonyl (C=O) groups is 2. The van der Waals surface area contributed by atoms with Gasteiger partial charge in [0.05, 0.1) is 13.2 Å². The fourth-order valence-electron chi connectivity index (χ4n) is 10.6. The molecule has 1 aliphatic carbocycles. The Hall–Kier alpha value is -3.91. The van der Waals surface area contributed by atoms with Crippen molar-refractivity contribution in [1.29, 1.82) is 0 Å². The van der Waals surface area contributed by atoms with E-state index in [0.717, 1.165) is 87.8 Å². The molecule has 6 rings (SSSR count). The molecule has 65 heavy (non-hydrogen) atoms. The first-order valence-electron chi connectivity index (χ1n) is 24.2. The van der Waals surface area contributed by atoms with E-state index in [1.54, 1.807) is 0 Å². The van der Waals surface area contributed by atoms with Gasteiger partial charge in [0.2, 0.25) is 0 Å². The summed E-state index contributed by atoms with van der Waals surface area (Å²) in [6.07, 6.45) is 25.7. The molecule has 2 aromatic rings. The molecule has 9 nitrogen and oxygen atoms in total. The van der Waals surface area contributed by atoms with E-state index in [-0.39, 0.29) is 59.8 Å². The number of ether oxygens (including phenoxy) is 2. The Kier molecular flexibility index (Phi) is 18.6. The van der Waals surface area contributed by atoms with Crippen LogP contribution < -0.4 is 20.7 Å². The van der Waals surface area contributed by atoms with Crippen molar-refractivity contribution in [1.82, 2.24) is 9.97 Å². The molecule has 4 aliphatic rings. The average Bonchev–Trinajstić information content (AvgIpc) is 3.99. The van der Waals surface area contributed by atoms with E-state index in [2.05, 4.69) is 61.3 Å². The van der Waals surface area contributed by atoms with Gasteiger partial charge in [0.15, 0.2) is 0 Å². The first kappa shape index (κ1) is 52.1. The molecule has 0 amide bonds. The van der Waals surface area contributed by atoms with Crippen LogP contribution in [0.25, 0.3) is 28.4 Å². The smallest absolute Gasteiger partial charge is 0.681 e. The van der Waals surface area contributed by atoms with E-state index < -0.39 is 24.0 Å². The van der Waals surface area contributed by atoms with E-state index in [9.17, 15) is 14.7 Å². The van der Waals surface area contributed by atoms with Gasteiger partial charge in [-0.15, -0.1) is 39.9 Å². The number of allylic oxidation sites excluding steroid dienone is 4. The Morgan fingerprint density at radius 2 is 1.58 bits per heavy atom. The summed E-state index contributed by atoms with van der Waals surface area (Å²) < 4.78 is 11.1. The van der Waals surface area contributed by atoms with E-state index in [4.69, 9.17) is 36.5 Å². The van der Waals surface area contributed by atoms with E-state index in [0.29, 0.717) is 28.3 Å². The standard InChI is InChI=1S/C55H74N4O5.Mg/c1-13-39-35(8)42-28-44-37(10)41(24-25-48(60)64-27-26-34(7)23-17-22-33(6)21-16-20-32(5)19-15-18-31(3)4)52(58-44)50-51(55(62)63-12)54(61)49-38(11)45(59-53(49)50)30-47-40(14-2)36(9)43(57-47)29-46(39)56-42;/h1,26,28-33,37,39,41,51-52,54,61H,14-25,27H2,2-12H3;/q-4;+2/b34-26+,44-28-,45-30-,46-29-;/t32-,33+,37+,39-,41+,51-,52?,54-;/m1./s1. The summed E-state index contributed by atoms with van der Waals surface area (Å²) in [6, 6.07) is -0.565. The molecule has 5 heterocycles. The number of hydrogen-bond acceptors (Lipinski definition) is 5. The molecule has 2 aromatic heterocycles. The first-order chi connectivity index (χ1) is 30.6. The summed E-state index contributed by atoms with van der Waals surface area (Å²) in [5.74, 6) is 2.80. The van der Waals surface area contributed by atoms with Crippen LogP contribution in [0, 0.1) is 67.6 Å². The number of fused-ring (bicyclic) bond motifs is 8. The summed E-state index contributed by atoms with van der Waals surface area (Å²) >= 11 is 0. The van der Waals surface area contributed by atoms with Crippen LogP contribution in [0.3, 0.4) is 0 Å². The number of methoxy groups -OCH3 is 1. The number of rotatable bonds is 19. The van der Waals surface area contributed by atoms with Crippen LogP contribution in [0.15, 0.2) is 40.4 Å². The minimum absolute atomic E-state index is 0. The molecular formula is C55H74MgN4O5-2. The Morgan fingerprint density at radius 3 is 2.23 bits per heavy atom. The molecule has 1 N–H and O–H groups in total. The molecule has 0 aromatic carbocycles. The van der Waals surface area contributed by atoms with Crippen LogP contribution in [0.1, 0.15) is 166 Å². The van der Waals surface area contributed by atoms with Crippen molar-refractivity contribution in [3.05, 3.63) is 95.4 Å². The number of aliphatic hydroxyl groups excluding tert-OH is 1. The zero-order chi connectivity index (χ0) is 46.4. The van der Waals surface area contributed by atoms with Crippen molar-refractivity contribution in [2.75, 3.05) is 13.7 Å². The fourth-order valence-corrected chi connectivity index (χ4v) is 10.6. The summed E-state index contributed by atoms with van der Waals surface area (Å²) in [7, 11) is 1.34. The van der Waals surface area contributed by atoms with Crippen molar-refractivity contribution in [3.63, 3.8) is 0 Å². The predicted octanol–water partition coefficient (Wildman–Crippen LogP) is 10.1. The zero-order valence-corrected chi connectivity index (χ0v) is 42.8. The minimum atomic E-state index is -1.17. The Labute approximate surface area is 406 Å². The molecule has 3 aliphatic heterocycles. The maximum atomic E-state index is 13.6. The number of hydrogen-bond donors (Lipinski definition) is 1. The van der Waals surface area contributed by atoms with E-state index in [1.807, 2.05) is 38.2 Å². The van der Waals surface area contributed by atoms with Gasteiger partial charge in [-0.25, -0.2) is 0 Å². The summed E-state index contributed by atoms with van der Waals surface area (Å²) in [4.78, 5) is 37.3. The largest absolute Gasteiger partial charge is 2.00 e. The van der Waals surface area contributed by atoms with Crippen molar-refractivity contribution < 1.29 is 24.2 Å². The van der Waals surface area contributed by atoms with Gasteiger partial charge in [0.25, 0.3) is 0 Å². The van der Waals surface area contributed by atoms with Gasteiger partial charge in [0.1, 0.15) is 12.5 Å². The molecule has 0 radical (unpaired) electrons. The van der Waals surface area contributed by atoms with Crippen LogP contribution in [-0.2, 0) is 25.5 Å². The molecule has 1 unspecified atom stereocenters. The molecule has 10 heteroatoms. The second-order valence-electron chi connectivity index (χ2n) is 19.8. The topological polar surface area (TPSA) is 129 Å². The van der Waals surface area contributed by atoms with E-state index in [1.165, 1.54) is 57.6 Å². The van der Waals surface area contributed by atoms with Gasteiger partial charge >= 0.3 is 35.0 Å². The summed E-state index contributed by atoms with van der Waals surface area (Å²) in [5.41, 5.74) is 10.3. The Bertz CT molecular complexity index is 2330. The van der Waals surface area contributed by atoms with Crippen LogP contribution >= 0.6 is 0 Å². The number of esters is 2. The maximum Gasteiger partial charge on any atom is 2.00 e. The molecule has 8 bridgehead atoms. The van der Waals surface area contributed by atoms with Gasteiger partial charge in [-0.05, 0) is 94.6 Å². The van der Waals surface area contributed by atoms with Crippen molar-refractivity contribution >= 4 is 52.7 Å². The quantitative estimate of drug-likeness (QED) is 0.0644. The van der Waals surface area contributed by atoms with Gasteiger partial charge in [-0.1, -0.05) is 150 Å². The predicted molar refractivity (Wildman–Crippen MR) is 264 cm³/mol. The third kappa shape index (κ3) is 11.8. The summed E-state index contributed by atoms with van der Waals surface area (Å²) in [5, 5.41) is 23.7. The number of aliphatic hydroxyl groups is 1. The third-order valence-electron chi connectivity index (χ3n) is 14.7. The number of nitrogens with zero attached hydrogens (tertiary/aromatic N) is 4. The number of terminal acetylenes is 1. The molecule has 0 spiro atoms. The van der Waals surface area contributed by atoms with Crippen LogP contribution in [0.5, 0.6) is 0 Å². The monoisotopic (exact) mass is 895 g/mol. The number of carbonyl (C=O) groups excluding carboxylic acids is 2. The van der Waals surface area contributed by atoms with Crippen LogP contribution in [-0.4, -0.2) is 59.9 Å². The molecule has 0 saturated carbocycles. The van der Waals surface area contributed by atoms with Crippen LogP contribution in [0.2, 0.25) is 0 Å². The molecule has 348 valence electrons. The molecule has 1 saturated heterocycles. The van der Waals surface area contributed by atoms with Gasteiger partial charge < -0.3 is 35.2 Å². The second-order valence-corrected chi connectivity index (χ2v) is 19.8. The fraction of sp³-hybridized carbons (Fsp3) is 0.600. The van der Waals surface area contributed by atoms with E-state index >= 15 is 0 Å². The number of aromatic nitrogens is 2. The normalized spacial score (nSPS) is 25.3. The first-order valence-corrected chi connectivity index (χ1v) is 24.2. The van der Waals surface area contributed by atoms with Gasteiger partial charge in [-0.3, -0.25) is 9.59 Å². The van der Waals surface area contributed by atoms with Crippen LogP contribution in [0.4, 0.5) is 0 Å². The third-order valence-corrected chi connectivity index (χ3v) is 14.7. The maximum absolute atomic E-state index is 13.6. The van der Waals surface area contributed by atoms with Gasteiger partial charge in [0, 0.05) is 12.3 Å². The van der Waals surface area contributed by atoms with Crippen molar-refractivity contribution in [3.8, 4) is 12.3 Å². The van der Waals surface area contributed by atoms with Crippen molar-refractivity contribution in [2.45, 2.75) is 158 Å². The molecule has 8 atom stereocenters. The summed E-state index contributed by atoms with van der Waals surface area (Å²) in [6.45, 7) is 22.0. The van der Waals surface area contributed by atoms with Crippen molar-refractivity contribution in [2.24, 2.45) is 41.4 Å². The molecular weight excluding hydrogens is 821 g/mol.